The summed E-state index contributed by atoms with van der Waals surface area (Å²) in [7, 11) is 1.50. The molecule has 8 heteroatoms. The highest BCUT2D eigenvalue weighted by molar-refractivity contribution is 7.93. The van der Waals surface area contributed by atoms with Crippen LogP contribution in [0, 0.1) is 0 Å². The summed E-state index contributed by atoms with van der Waals surface area (Å²) in [4.78, 5) is 23.7. The highest BCUT2D eigenvalue weighted by atomic mass is 32.2. The van der Waals surface area contributed by atoms with E-state index in [0.717, 1.165) is 5.01 Å². The van der Waals surface area contributed by atoms with Crippen molar-refractivity contribution in [2.45, 2.75) is 24.8 Å². The van der Waals surface area contributed by atoms with Gasteiger partial charge in [-0.1, -0.05) is 13.8 Å². The van der Waals surface area contributed by atoms with Crippen LogP contribution in [0.15, 0.2) is 34.3 Å². The van der Waals surface area contributed by atoms with Crippen LogP contribution in [0.3, 0.4) is 0 Å². The van der Waals surface area contributed by atoms with Gasteiger partial charge in [0, 0.05) is 16.9 Å². The lowest BCUT2D eigenvalue weighted by atomic mass is 10.2. The number of nitrogens with one attached hydrogen (secondary N) is 1. The zero-order valence-electron chi connectivity index (χ0n) is 11.9. The Labute approximate surface area is 126 Å². The van der Waals surface area contributed by atoms with Gasteiger partial charge in [0.2, 0.25) is 0 Å². The molecule has 1 aliphatic rings. The molecule has 0 fully saturated rings. The van der Waals surface area contributed by atoms with Crippen LogP contribution in [0.5, 0.6) is 0 Å². The number of carbonyl (C=O) groups is 2. The van der Waals surface area contributed by atoms with Crippen molar-refractivity contribution in [1.82, 2.24) is 5.32 Å². The fourth-order valence-electron chi connectivity index (χ4n) is 1.71. The lowest BCUT2D eigenvalue weighted by Gasteiger charge is -2.13. The second-order valence-electron chi connectivity index (χ2n) is 3.75. The molecule has 2 rings (SSSR count). The number of carbonyl (C=O) groups excluding carboxylic acids is 1. The molecule has 0 saturated carbocycles. The molecule has 0 radical (unpaired) electrons. The fraction of sp³-hybridized carbons (Fsp3) is 0.308. The Morgan fingerprint density at radius 1 is 1.33 bits per heavy atom. The molecule has 0 bridgehead atoms. The van der Waals surface area contributed by atoms with E-state index in [4.69, 9.17) is 9.66 Å². The quantitative estimate of drug-likeness (QED) is 0.731. The Bertz CT molecular complexity index is 545. The van der Waals surface area contributed by atoms with Crippen molar-refractivity contribution in [2.75, 3.05) is 12.1 Å². The number of nitrogens with zero attached hydrogens (tertiary/aromatic N) is 2. The standard InChI is InChI=1S/C11H11N3O4S.C2H6/c1-12-8-9(11(16)17)13-14(10(8)15)6-2-4-7(19-18)5-3-6;1-2/h2-5,8,12,18H,1H3,(H,16,17);1-2H3. The summed E-state index contributed by atoms with van der Waals surface area (Å²) in [5.74, 6) is -1.69. The van der Waals surface area contributed by atoms with Crippen LogP contribution in [0.4, 0.5) is 5.69 Å². The third-order valence-corrected chi connectivity index (χ3v) is 3.11. The maximum Gasteiger partial charge on any atom is 0.354 e. The molecule has 1 unspecified atom stereocenters. The van der Waals surface area contributed by atoms with Gasteiger partial charge >= 0.3 is 5.97 Å². The molecule has 3 N–H and O–H groups in total. The lowest BCUT2D eigenvalue weighted by Crippen LogP contribution is -2.43. The summed E-state index contributed by atoms with van der Waals surface area (Å²) in [5, 5.41) is 16.5. The number of hydrogen-bond acceptors (Lipinski definition) is 6. The van der Waals surface area contributed by atoms with E-state index in [1.54, 1.807) is 24.3 Å². The van der Waals surface area contributed by atoms with Crippen molar-refractivity contribution < 1.29 is 19.2 Å². The first kappa shape index (κ1) is 17.2. The zero-order valence-corrected chi connectivity index (χ0v) is 12.7. The number of carboxylic acids is 1. The number of aliphatic carboxylic acids is 1. The van der Waals surface area contributed by atoms with Gasteiger partial charge in [0.1, 0.15) is 6.04 Å². The number of rotatable bonds is 4. The van der Waals surface area contributed by atoms with Crippen molar-refractivity contribution in [3.05, 3.63) is 24.3 Å². The van der Waals surface area contributed by atoms with Gasteiger partial charge in [0.15, 0.2) is 5.71 Å². The predicted molar refractivity (Wildman–Crippen MR) is 81.7 cm³/mol. The van der Waals surface area contributed by atoms with Gasteiger partial charge in [-0.05, 0) is 31.3 Å². The largest absolute Gasteiger partial charge is 0.477 e. The molecule has 1 heterocycles. The molecule has 0 aliphatic carbocycles. The van der Waals surface area contributed by atoms with Crippen LogP contribution >= 0.6 is 12.0 Å². The van der Waals surface area contributed by atoms with Crippen molar-refractivity contribution in [2.24, 2.45) is 5.10 Å². The molecule has 1 aromatic rings. The fourth-order valence-corrected chi connectivity index (χ4v) is 1.97. The van der Waals surface area contributed by atoms with Crippen molar-refractivity contribution in [3.8, 4) is 0 Å². The average Bonchev–Trinajstić information content (AvgIpc) is 2.86. The number of anilines is 1. The Kier molecular flexibility index (Phi) is 6.35. The van der Waals surface area contributed by atoms with Gasteiger partial charge in [-0.2, -0.15) is 10.1 Å². The minimum atomic E-state index is -1.24. The second kappa shape index (κ2) is 7.77. The summed E-state index contributed by atoms with van der Waals surface area (Å²) in [5.41, 5.74) is 0.201. The van der Waals surface area contributed by atoms with Crippen molar-refractivity contribution in [1.29, 1.82) is 0 Å². The molecule has 114 valence electrons. The van der Waals surface area contributed by atoms with Crippen LogP contribution in [0.25, 0.3) is 0 Å². The Morgan fingerprint density at radius 3 is 2.29 bits per heavy atom. The van der Waals surface area contributed by atoms with Gasteiger partial charge in [-0.3, -0.25) is 4.79 Å². The molecule has 0 saturated heterocycles. The third kappa shape index (κ3) is 3.60. The number of likely N-dealkylation sites (N-methyl/N-ethyl adjacent to an activating group) is 1. The molecular weight excluding hydrogens is 294 g/mol. The monoisotopic (exact) mass is 311 g/mol. The van der Waals surface area contributed by atoms with E-state index in [1.165, 1.54) is 7.05 Å². The van der Waals surface area contributed by atoms with Gasteiger partial charge in [0.05, 0.1) is 5.69 Å². The van der Waals surface area contributed by atoms with E-state index in [2.05, 4.69) is 10.4 Å². The van der Waals surface area contributed by atoms with Gasteiger partial charge < -0.3 is 15.0 Å². The average molecular weight is 311 g/mol. The van der Waals surface area contributed by atoms with Gasteiger partial charge in [-0.15, -0.1) is 0 Å². The summed E-state index contributed by atoms with van der Waals surface area (Å²) >= 11 is 0.586. The molecule has 1 atom stereocenters. The van der Waals surface area contributed by atoms with E-state index >= 15 is 0 Å². The summed E-state index contributed by atoms with van der Waals surface area (Å²) in [6, 6.07) is 5.42. The SMILES string of the molecule is CC.CNC1C(=O)N(c2ccc(SO)cc2)N=C1C(=O)O. The van der Waals surface area contributed by atoms with E-state index in [0.29, 0.717) is 22.6 Å². The van der Waals surface area contributed by atoms with Crippen LogP contribution in [0.2, 0.25) is 0 Å². The van der Waals surface area contributed by atoms with E-state index in [9.17, 15) is 9.59 Å². The van der Waals surface area contributed by atoms with Crippen molar-refractivity contribution in [3.63, 3.8) is 0 Å². The minimum absolute atomic E-state index is 0.242. The Hall–Kier alpha value is -1.90. The number of benzene rings is 1. The zero-order chi connectivity index (χ0) is 16.0. The first-order valence-corrected chi connectivity index (χ1v) is 7.10. The molecule has 1 amide bonds. The number of hydrogen-bond donors (Lipinski definition) is 3. The maximum atomic E-state index is 12.0. The van der Waals surface area contributed by atoms with Crippen LogP contribution in [-0.2, 0) is 9.59 Å². The lowest BCUT2D eigenvalue weighted by molar-refractivity contribution is -0.130. The Balaban J connectivity index is 0.00000106. The molecule has 1 aliphatic heterocycles. The maximum absolute atomic E-state index is 12.0. The first-order chi connectivity index (χ1) is 10.1. The van der Waals surface area contributed by atoms with E-state index in [-0.39, 0.29) is 5.71 Å². The van der Waals surface area contributed by atoms with Gasteiger partial charge in [0.25, 0.3) is 5.91 Å². The Morgan fingerprint density at radius 2 is 1.90 bits per heavy atom. The first-order valence-electron chi connectivity index (χ1n) is 6.33. The van der Waals surface area contributed by atoms with Crippen LogP contribution in [-0.4, -0.2) is 40.3 Å². The predicted octanol–water partition coefficient (Wildman–Crippen LogP) is 1.65. The molecule has 21 heavy (non-hydrogen) atoms. The smallest absolute Gasteiger partial charge is 0.354 e. The summed E-state index contributed by atoms with van der Waals surface area (Å²) in [6.07, 6.45) is 0. The third-order valence-electron chi connectivity index (χ3n) is 2.63. The van der Waals surface area contributed by atoms with Crippen molar-refractivity contribution >= 4 is 35.3 Å². The second-order valence-corrected chi connectivity index (χ2v) is 4.40. The normalized spacial score (nSPS) is 17.1. The molecule has 7 nitrogen and oxygen atoms in total. The topological polar surface area (TPSA) is 102 Å². The molecule has 0 spiro atoms. The number of amides is 1. The van der Waals surface area contributed by atoms with E-state index < -0.39 is 17.9 Å². The van der Waals surface area contributed by atoms with Crippen LogP contribution in [0.1, 0.15) is 13.8 Å². The highest BCUT2D eigenvalue weighted by Crippen LogP contribution is 2.24. The van der Waals surface area contributed by atoms with E-state index in [1.807, 2.05) is 13.8 Å². The molecule has 1 aromatic carbocycles. The number of hydrazone groups is 1. The molecule has 0 aromatic heterocycles. The highest BCUT2D eigenvalue weighted by Gasteiger charge is 2.39. The van der Waals surface area contributed by atoms with Crippen LogP contribution < -0.4 is 10.3 Å². The van der Waals surface area contributed by atoms with Gasteiger partial charge in [-0.25, -0.2) is 4.79 Å². The summed E-state index contributed by atoms with van der Waals surface area (Å²) in [6.45, 7) is 4.00. The number of carboxylic acid groups (broad SMARTS) is 1. The molecular formula is C13H17N3O4S. The summed E-state index contributed by atoms with van der Waals surface area (Å²) < 4.78 is 8.86. The minimum Gasteiger partial charge on any atom is -0.477 e.